The number of piperidine rings is 2. The minimum Gasteiger partial charge on any atom is -0.481 e. The Morgan fingerprint density at radius 2 is 1.70 bits per heavy atom. The number of amides is 3. The molecule has 2 N–H and O–H groups in total. The number of carbonyl (C=O) groups is 3. The summed E-state index contributed by atoms with van der Waals surface area (Å²) < 4.78 is 13.7. The van der Waals surface area contributed by atoms with Crippen LogP contribution in [0.15, 0.2) is 24.3 Å². The van der Waals surface area contributed by atoms with Crippen LogP contribution in [0.25, 0.3) is 0 Å². The first-order chi connectivity index (χ1) is 13.0. The highest BCUT2D eigenvalue weighted by molar-refractivity contribution is 5.90. The molecule has 146 valence electrons. The number of hydrogen-bond acceptors (Lipinski definition) is 3. The number of benzene rings is 1. The third kappa shape index (κ3) is 4.56. The first-order valence-corrected chi connectivity index (χ1v) is 9.27. The van der Waals surface area contributed by atoms with Crippen molar-refractivity contribution in [3.8, 4) is 0 Å². The van der Waals surface area contributed by atoms with Crippen molar-refractivity contribution in [3.05, 3.63) is 30.1 Å². The van der Waals surface area contributed by atoms with E-state index in [0.717, 1.165) is 0 Å². The lowest BCUT2D eigenvalue weighted by atomic mass is 9.93. The number of likely N-dealkylation sites (tertiary alicyclic amines) is 2. The second-order valence-electron chi connectivity index (χ2n) is 7.13. The van der Waals surface area contributed by atoms with Crippen molar-refractivity contribution in [2.24, 2.45) is 11.8 Å². The van der Waals surface area contributed by atoms with Crippen molar-refractivity contribution >= 4 is 23.6 Å². The highest BCUT2D eigenvalue weighted by atomic mass is 19.1. The zero-order chi connectivity index (χ0) is 19.4. The molecule has 3 amide bonds. The average molecular weight is 377 g/mol. The molecule has 2 aliphatic heterocycles. The molecule has 0 radical (unpaired) electrons. The summed E-state index contributed by atoms with van der Waals surface area (Å²) in [5, 5.41) is 11.6. The Balaban J connectivity index is 1.56. The number of halogens is 1. The van der Waals surface area contributed by atoms with E-state index in [1.165, 1.54) is 12.1 Å². The number of para-hydroxylation sites is 1. The lowest BCUT2D eigenvalue weighted by Crippen LogP contribution is -2.49. The van der Waals surface area contributed by atoms with E-state index in [1.807, 2.05) is 0 Å². The monoisotopic (exact) mass is 377 g/mol. The second-order valence-corrected chi connectivity index (χ2v) is 7.13. The van der Waals surface area contributed by atoms with E-state index in [-0.39, 0.29) is 30.0 Å². The van der Waals surface area contributed by atoms with E-state index in [1.54, 1.807) is 21.9 Å². The Morgan fingerprint density at radius 1 is 1.00 bits per heavy atom. The van der Waals surface area contributed by atoms with E-state index in [4.69, 9.17) is 5.11 Å². The van der Waals surface area contributed by atoms with E-state index in [2.05, 4.69) is 5.32 Å². The fourth-order valence-electron chi connectivity index (χ4n) is 3.73. The Bertz CT molecular complexity index is 719. The molecule has 1 aromatic rings. The van der Waals surface area contributed by atoms with Gasteiger partial charge in [0.05, 0.1) is 17.5 Å². The van der Waals surface area contributed by atoms with Gasteiger partial charge in [0.25, 0.3) is 0 Å². The Kier molecular flexibility index (Phi) is 5.93. The van der Waals surface area contributed by atoms with Gasteiger partial charge in [0.2, 0.25) is 5.91 Å². The van der Waals surface area contributed by atoms with E-state index in [9.17, 15) is 18.8 Å². The van der Waals surface area contributed by atoms with Gasteiger partial charge in [0, 0.05) is 26.2 Å². The summed E-state index contributed by atoms with van der Waals surface area (Å²) in [7, 11) is 0. The van der Waals surface area contributed by atoms with Crippen LogP contribution in [0.5, 0.6) is 0 Å². The van der Waals surface area contributed by atoms with Gasteiger partial charge in [-0.2, -0.15) is 0 Å². The van der Waals surface area contributed by atoms with Crippen LogP contribution in [0.1, 0.15) is 25.7 Å². The molecule has 2 fully saturated rings. The quantitative estimate of drug-likeness (QED) is 0.846. The third-order valence-corrected chi connectivity index (χ3v) is 5.33. The lowest BCUT2D eigenvalue weighted by molar-refractivity contribution is -0.147. The SMILES string of the molecule is O=C(O)C1CCN(C(=O)C2CCCN(C(=O)Nc3ccccc3F)C2)CC1. The molecule has 1 aromatic carbocycles. The molecule has 0 spiro atoms. The van der Waals surface area contributed by atoms with Crippen LogP contribution in [-0.2, 0) is 9.59 Å². The molecule has 2 saturated heterocycles. The van der Waals surface area contributed by atoms with Gasteiger partial charge in [-0.05, 0) is 37.8 Å². The summed E-state index contributed by atoms with van der Waals surface area (Å²) in [6, 6.07) is 5.55. The molecule has 2 heterocycles. The smallest absolute Gasteiger partial charge is 0.321 e. The van der Waals surface area contributed by atoms with Crippen LogP contribution < -0.4 is 5.32 Å². The van der Waals surface area contributed by atoms with Gasteiger partial charge in [-0.15, -0.1) is 0 Å². The number of urea groups is 1. The highest BCUT2D eigenvalue weighted by Crippen LogP contribution is 2.24. The van der Waals surface area contributed by atoms with E-state index in [0.29, 0.717) is 45.3 Å². The fourth-order valence-corrected chi connectivity index (χ4v) is 3.73. The predicted molar refractivity (Wildman–Crippen MR) is 96.7 cm³/mol. The predicted octanol–water partition coefficient (Wildman–Crippen LogP) is 2.39. The molecule has 1 unspecified atom stereocenters. The first-order valence-electron chi connectivity index (χ1n) is 9.27. The second kappa shape index (κ2) is 8.37. The number of aliphatic carboxylic acids is 1. The van der Waals surface area contributed by atoms with Gasteiger partial charge in [-0.25, -0.2) is 9.18 Å². The van der Waals surface area contributed by atoms with Gasteiger partial charge >= 0.3 is 12.0 Å². The molecular formula is C19H24FN3O4. The molecule has 0 aliphatic carbocycles. The highest BCUT2D eigenvalue weighted by Gasteiger charge is 2.34. The topological polar surface area (TPSA) is 90.0 Å². The number of carboxylic acids is 1. The van der Waals surface area contributed by atoms with Crippen molar-refractivity contribution in [1.29, 1.82) is 0 Å². The van der Waals surface area contributed by atoms with Gasteiger partial charge < -0.3 is 20.2 Å². The number of nitrogens with one attached hydrogen (secondary N) is 1. The minimum atomic E-state index is -0.809. The normalized spacial score (nSPS) is 21.0. The summed E-state index contributed by atoms with van der Waals surface area (Å²) >= 11 is 0. The largest absolute Gasteiger partial charge is 0.481 e. The van der Waals surface area contributed by atoms with Gasteiger partial charge in [0.15, 0.2) is 0 Å². The number of anilines is 1. The maximum absolute atomic E-state index is 13.7. The van der Waals surface area contributed by atoms with Crippen molar-refractivity contribution in [2.75, 3.05) is 31.5 Å². The van der Waals surface area contributed by atoms with Crippen molar-refractivity contribution < 1.29 is 23.9 Å². The van der Waals surface area contributed by atoms with Gasteiger partial charge in [-0.3, -0.25) is 9.59 Å². The van der Waals surface area contributed by atoms with Crippen molar-refractivity contribution in [1.82, 2.24) is 9.80 Å². The number of carbonyl (C=O) groups excluding carboxylic acids is 2. The molecule has 7 nitrogen and oxygen atoms in total. The summed E-state index contributed by atoms with van der Waals surface area (Å²) in [5.74, 6) is -2.02. The van der Waals surface area contributed by atoms with Gasteiger partial charge in [0.1, 0.15) is 5.82 Å². The average Bonchev–Trinajstić information content (AvgIpc) is 2.69. The molecule has 0 saturated carbocycles. The van der Waals surface area contributed by atoms with Crippen LogP contribution in [0, 0.1) is 17.7 Å². The van der Waals surface area contributed by atoms with Crippen LogP contribution in [-0.4, -0.2) is 59.0 Å². The number of nitrogens with zero attached hydrogens (tertiary/aromatic N) is 2. The Labute approximate surface area is 157 Å². The maximum Gasteiger partial charge on any atom is 0.321 e. The van der Waals surface area contributed by atoms with Crippen LogP contribution in [0.3, 0.4) is 0 Å². The Morgan fingerprint density at radius 3 is 2.37 bits per heavy atom. The summed E-state index contributed by atoms with van der Waals surface area (Å²) in [6.45, 7) is 1.69. The number of carboxylic acid groups (broad SMARTS) is 1. The first kappa shape index (κ1) is 19.1. The van der Waals surface area contributed by atoms with Crippen LogP contribution in [0.2, 0.25) is 0 Å². The maximum atomic E-state index is 13.7. The summed E-state index contributed by atoms with van der Waals surface area (Å²) in [6.07, 6.45) is 2.32. The fraction of sp³-hybridized carbons (Fsp3) is 0.526. The van der Waals surface area contributed by atoms with E-state index < -0.39 is 17.8 Å². The van der Waals surface area contributed by atoms with Gasteiger partial charge in [-0.1, -0.05) is 12.1 Å². The van der Waals surface area contributed by atoms with Crippen molar-refractivity contribution in [2.45, 2.75) is 25.7 Å². The van der Waals surface area contributed by atoms with Crippen molar-refractivity contribution in [3.63, 3.8) is 0 Å². The molecule has 27 heavy (non-hydrogen) atoms. The molecule has 2 aliphatic rings. The molecule has 8 heteroatoms. The van der Waals surface area contributed by atoms with Crippen LogP contribution >= 0.6 is 0 Å². The minimum absolute atomic E-state index is 0.0257. The molecular weight excluding hydrogens is 353 g/mol. The summed E-state index contributed by atoms with van der Waals surface area (Å²) in [4.78, 5) is 39.5. The molecule has 1 atom stereocenters. The third-order valence-electron chi connectivity index (χ3n) is 5.33. The Hall–Kier alpha value is -2.64. The zero-order valence-electron chi connectivity index (χ0n) is 15.1. The number of hydrogen-bond donors (Lipinski definition) is 2. The molecule has 0 aromatic heterocycles. The van der Waals surface area contributed by atoms with Crippen LogP contribution in [0.4, 0.5) is 14.9 Å². The lowest BCUT2D eigenvalue weighted by Gasteiger charge is -2.37. The zero-order valence-corrected chi connectivity index (χ0v) is 15.1. The number of rotatable bonds is 3. The molecule has 0 bridgehead atoms. The summed E-state index contributed by atoms with van der Waals surface area (Å²) in [5.41, 5.74) is 0.117. The van der Waals surface area contributed by atoms with E-state index >= 15 is 0 Å². The molecule has 3 rings (SSSR count). The standard InChI is InChI=1S/C19H24FN3O4/c20-15-5-1-2-6-16(15)21-19(27)23-9-3-4-14(12-23)17(24)22-10-7-13(8-11-22)18(25)26/h1-2,5-6,13-14H,3-4,7-12H2,(H,21,27)(H,25,26).